The zero-order chi connectivity index (χ0) is 9.72. The minimum absolute atomic E-state index is 0.0474. The van der Waals surface area contributed by atoms with Crippen molar-refractivity contribution in [2.45, 2.75) is 33.7 Å². The summed E-state index contributed by atoms with van der Waals surface area (Å²) < 4.78 is 0. The van der Waals surface area contributed by atoms with Crippen molar-refractivity contribution < 1.29 is 4.79 Å². The molecule has 0 spiro atoms. The van der Waals surface area contributed by atoms with E-state index in [0.717, 1.165) is 13.1 Å². The van der Waals surface area contributed by atoms with E-state index in [2.05, 4.69) is 13.8 Å². The Hall–Kier alpha value is -0.570. The largest absolute Gasteiger partial charge is 0.341 e. The maximum atomic E-state index is 11.4. The molecule has 12 heavy (non-hydrogen) atoms. The molecule has 3 heteroatoms. The van der Waals surface area contributed by atoms with Crippen LogP contribution in [-0.2, 0) is 4.79 Å². The van der Waals surface area contributed by atoms with Crippen LogP contribution in [0.5, 0.6) is 0 Å². The van der Waals surface area contributed by atoms with Crippen LogP contribution in [0.15, 0.2) is 0 Å². The van der Waals surface area contributed by atoms with Gasteiger partial charge in [-0.3, -0.25) is 4.79 Å². The molecule has 0 fully saturated rings. The Bertz CT molecular complexity index is 143. The number of nitrogens with two attached hydrogens (primary N) is 1. The van der Waals surface area contributed by atoms with E-state index in [-0.39, 0.29) is 11.9 Å². The Labute approximate surface area is 74.9 Å². The van der Waals surface area contributed by atoms with Gasteiger partial charge in [-0.05, 0) is 19.8 Å². The maximum Gasteiger partial charge on any atom is 0.239 e. The molecule has 0 aliphatic rings. The lowest BCUT2D eigenvalue weighted by atomic mass is 10.2. The number of hydrogen-bond acceptors (Lipinski definition) is 2. The summed E-state index contributed by atoms with van der Waals surface area (Å²) in [5.41, 5.74) is 5.50. The lowest BCUT2D eigenvalue weighted by Gasteiger charge is -2.24. The Balaban J connectivity index is 4.06. The van der Waals surface area contributed by atoms with Gasteiger partial charge in [0, 0.05) is 13.1 Å². The molecule has 2 N–H and O–H groups in total. The molecular formula is C9H20N2O. The number of hydrogen-bond donors (Lipinski definition) is 1. The summed E-state index contributed by atoms with van der Waals surface area (Å²) >= 11 is 0. The Morgan fingerprint density at radius 3 is 2.17 bits per heavy atom. The van der Waals surface area contributed by atoms with Crippen LogP contribution in [0.2, 0.25) is 0 Å². The van der Waals surface area contributed by atoms with Gasteiger partial charge in [-0.2, -0.15) is 0 Å². The highest BCUT2D eigenvalue weighted by molar-refractivity contribution is 5.81. The van der Waals surface area contributed by atoms with Gasteiger partial charge in [0.2, 0.25) is 5.91 Å². The minimum Gasteiger partial charge on any atom is -0.341 e. The molecule has 3 nitrogen and oxygen atoms in total. The lowest BCUT2D eigenvalue weighted by molar-refractivity contribution is -0.132. The highest BCUT2D eigenvalue weighted by atomic mass is 16.2. The zero-order valence-corrected chi connectivity index (χ0v) is 8.50. The van der Waals surface area contributed by atoms with Crippen molar-refractivity contribution in [2.75, 3.05) is 13.1 Å². The second-order valence-corrected chi connectivity index (χ2v) is 3.56. The zero-order valence-electron chi connectivity index (χ0n) is 8.50. The van der Waals surface area contributed by atoms with Crippen molar-refractivity contribution >= 4 is 5.91 Å². The van der Waals surface area contributed by atoms with Gasteiger partial charge in [-0.25, -0.2) is 0 Å². The van der Waals surface area contributed by atoms with Crippen molar-refractivity contribution in [1.29, 1.82) is 0 Å². The molecule has 0 radical (unpaired) electrons. The standard InChI is InChI=1S/C9H20N2O/c1-5-11(6-7(2)3)9(12)8(4)10/h7-8H,5-6,10H2,1-4H3. The second kappa shape index (κ2) is 5.14. The van der Waals surface area contributed by atoms with Crippen LogP contribution in [0, 0.1) is 5.92 Å². The third-order valence-corrected chi connectivity index (χ3v) is 1.67. The van der Waals surface area contributed by atoms with Crippen molar-refractivity contribution in [2.24, 2.45) is 11.7 Å². The van der Waals surface area contributed by atoms with Crippen molar-refractivity contribution in [3.63, 3.8) is 0 Å². The van der Waals surface area contributed by atoms with Gasteiger partial charge in [0.15, 0.2) is 0 Å². The molecule has 0 rings (SSSR count). The van der Waals surface area contributed by atoms with Gasteiger partial charge in [-0.15, -0.1) is 0 Å². The van der Waals surface area contributed by atoms with E-state index >= 15 is 0 Å². The van der Waals surface area contributed by atoms with Gasteiger partial charge in [-0.1, -0.05) is 13.8 Å². The Morgan fingerprint density at radius 1 is 1.42 bits per heavy atom. The Morgan fingerprint density at radius 2 is 1.92 bits per heavy atom. The molecule has 0 heterocycles. The number of carbonyl (C=O) groups excluding carboxylic acids is 1. The molecule has 0 aromatic rings. The molecule has 0 saturated carbocycles. The number of likely N-dealkylation sites (N-methyl/N-ethyl adjacent to an activating group) is 1. The van der Waals surface area contributed by atoms with E-state index in [1.165, 1.54) is 0 Å². The quantitative estimate of drug-likeness (QED) is 0.683. The predicted octanol–water partition coefficient (Wildman–Crippen LogP) is 0.838. The van der Waals surface area contributed by atoms with Crippen molar-refractivity contribution in [1.82, 2.24) is 4.90 Å². The summed E-state index contributed by atoms with van der Waals surface area (Å²) in [4.78, 5) is 13.2. The first kappa shape index (κ1) is 11.4. The summed E-state index contributed by atoms with van der Waals surface area (Å²) in [6.07, 6.45) is 0. The number of amides is 1. The number of rotatable bonds is 4. The first-order valence-corrected chi connectivity index (χ1v) is 4.53. The second-order valence-electron chi connectivity index (χ2n) is 3.56. The average Bonchev–Trinajstić information content (AvgIpc) is 1.98. The van der Waals surface area contributed by atoms with Crippen LogP contribution in [0.25, 0.3) is 0 Å². The number of nitrogens with zero attached hydrogens (tertiary/aromatic N) is 1. The highest BCUT2D eigenvalue weighted by Crippen LogP contribution is 2.00. The molecule has 1 unspecified atom stereocenters. The third kappa shape index (κ3) is 3.72. The molecule has 0 aromatic carbocycles. The van der Waals surface area contributed by atoms with Crippen molar-refractivity contribution in [3.05, 3.63) is 0 Å². The smallest absolute Gasteiger partial charge is 0.239 e. The van der Waals surface area contributed by atoms with Crippen LogP contribution >= 0.6 is 0 Å². The van der Waals surface area contributed by atoms with Gasteiger partial charge in [0.05, 0.1) is 6.04 Å². The fraction of sp³-hybridized carbons (Fsp3) is 0.889. The molecule has 1 amide bonds. The minimum atomic E-state index is -0.372. The summed E-state index contributed by atoms with van der Waals surface area (Å²) in [6, 6.07) is -0.372. The fourth-order valence-corrected chi connectivity index (χ4v) is 1.10. The molecular weight excluding hydrogens is 152 g/mol. The summed E-state index contributed by atoms with van der Waals surface area (Å²) in [6.45, 7) is 9.44. The van der Waals surface area contributed by atoms with Crippen LogP contribution < -0.4 is 5.73 Å². The van der Waals surface area contributed by atoms with E-state index < -0.39 is 0 Å². The van der Waals surface area contributed by atoms with Gasteiger partial charge < -0.3 is 10.6 Å². The predicted molar refractivity (Wildman–Crippen MR) is 50.7 cm³/mol. The van der Waals surface area contributed by atoms with E-state index in [4.69, 9.17) is 5.73 Å². The summed E-state index contributed by atoms with van der Waals surface area (Å²) in [5.74, 6) is 0.554. The Kier molecular flexibility index (Phi) is 4.90. The highest BCUT2D eigenvalue weighted by Gasteiger charge is 2.15. The van der Waals surface area contributed by atoms with E-state index in [0.29, 0.717) is 5.92 Å². The van der Waals surface area contributed by atoms with E-state index in [1.807, 2.05) is 6.92 Å². The van der Waals surface area contributed by atoms with Gasteiger partial charge in [0.1, 0.15) is 0 Å². The topological polar surface area (TPSA) is 46.3 Å². The van der Waals surface area contributed by atoms with Gasteiger partial charge >= 0.3 is 0 Å². The van der Waals surface area contributed by atoms with Crippen LogP contribution in [0.4, 0.5) is 0 Å². The third-order valence-electron chi connectivity index (χ3n) is 1.67. The van der Waals surface area contributed by atoms with Crippen LogP contribution in [0.1, 0.15) is 27.7 Å². The van der Waals surface area contributed by atoms with Crippen molar-refractivity contribution in [3.8, 4) is 0 Å². The molecule has 72 valence electrons. The molecule has 0 aromatic heterocycles. The molecule has 0 aliphatic heterocycles. The van der Waals surface area contributed by atoms with E-state index in [1.54, 1.807) is 11.8 Å². The average molecular weight is 172 g/mol. The van der Waals surface area contributed by atoms with E-state index in [9.17, 15) is 4.79 Å². The summed E-state index contributed by atoms with van der Waals surface area (Å²) in [7, 11) is 0. The van der Waals surface area contributed by atoms with Gasteiger partial charge in [0.25, 0.3) is 0 Å². The molecule has 0 aliphatic carbocycles. The molecule has 0 bridgehead atoms. The molecule has 1 atom stereocenters. The lowest BCUT2D eigenvalue weighted by Crippen LogP contribution is -2.43. The summed E-state index contributed by atoms with van der Waals surface area (Å²) in [5, 5.41) is 0. The first-order chi connectivity index (χ1) is 5.49. The maximum absolute atomic E-state index is 11.4. The number of carbonyl (C=O) groups is 1. The van der Waals surface area contributed by atoms with Crippen LogP contribution in [0.3, 0.4) is 0 Å². The SMILES string of the molecule is CCN(CC(C)C)C(=O)C(C)N. The normalized spacial score (nSPS) is 13.2. The van der Waals surface area contributed by atoms with Crippen LogP contribution in [-0.4, -0.2) is 29.9 Å². The molecule has 0 saturated heterocycles. The first-order valence-electron chi connectivity index (χ1n) is 4.53. The monoisotopic (exact) mass is 172 g/mol. The fourth-order valence-electron chi connectivity index (χ4n) is 1.10.